The first-order valence-corrected chi connectivity index (χ1v) is 2.65. The minimum atomic E-state index is 0.630. The smallest absolute Gasteiger partial charge is 0.0546 e. The van der Waals surface area contributed by atoms with Gasteiger partial charge in [0.2, 0.25) is 0 Å². The SMILES string of the molecule is C=CN=C/C(Cl)=C\C. The molecule has 0 aromatic heterocycles. The summed E-state index contributed by atoms with van der Waals surface area (Å²) < 4.78 is 0. The standard InChI is InChI=1S/C6H8ClN/c1-3-6(7)5-8-4-2/h3-5H,2H2,1H3/b6-3+,8-5?. The fourth-order valence-corrected chi connectivity index (χ4v) is 0.255. The zero-order valence-corrected chi connectivity index (χ0v) is 5.52. The first-order chi connectivity index (χ1) is 3.81. The van der Waals surface area contributed by atoms with E-state index in [-0.39, 0.29) is 0 Å². The molecule has 0 aliphatic carbocycles. The van der Waals surface area contributed by atoms with E-state index in [2.05, 4.69) is 11.6 Å². The molecule has 0 aromatic rings. The molecule has 0 atom stereocenters. The number of aliphatic imine (C=N–C) groups is 1. The van der Waals surface area contributed by atoms with E-state index in [9.17, 15) is 0 Å². The van der Waals surface area contributed by atoms with Gasteiger partial charge in [-0.1, -0.05) is 24.3 Å². The summed E-state index contributed by atoms with van der Waals surface area (Å²) >= 11 is 5.51. The van der Waals surface area contributed by atoms with Crippen LogP contribution in [-0.2, 0) is 0 Å². The van der Waals surface area contributed by atoms with E-state index in [1.54, 1.807) is 6.08 Å². The monoisotopic (exact) mass is 129 g/mol. The Hall–Kier alpha value is -0.560. The van der Waals surface area contributed by atoms with E-state index < -0.39 is 0 Å². The lowest BCUT2D eigenvalue weighted by Gasteiger charge is -1.78. The molecule has 0 saturated heterocycles. The van der Waals surface area contributed by atoms with Crippen LogP contribution in [-0.4, -0.2) is 6.21 Å². The van der Waals surface area contributed by atoms with Crippen molar-refractivity contribution in [1.29, 1.82) is 0 Å². The molecule has 0 aliphatic rings. The highest BCUT2D eigenvalue weighted by molar-refractivity contribution is 6.39. The van der Waals surface area contributed by atoms with E-state index >= 15 is 0 Å². The predicted molar refractivity (Wildman–Crippen MR) is 38.3 cm³/mol. The lowest BCUT2D eigenvalue weighted by atomic mass is 10.5. The lowest BCUT2D eigenvalue weighted by Crippen LogP contribution is -1.67. The number of hydrogen-bond donors (Lipinski definition) is 0. The maximum Gasteiger partial charge on any atom is 0.0546 e. The van der Waals surface area contributed by atoms with Crippen molar-refractivity contribution in [3.8, 4) is 0 Å². The summed E-state index contributed by atoms with van der Waals surface area (Å²) in [5.74, 6) is 0. The fraction of sp³-hybridized carbons (Fsp3) is 0.167. The first kappa shape index (κ1) is 7.44. The second kappa shape index (κ2) is 4.60. The molecule has 0 radical (unpaired) electrons. The molecule has 44 valence electrons. The van der Waals surface area contributed by atoms with Crippen LogP contribution < -0.4 is 0 Å². The highest BCUT2D eigenvalue weighted by Crippen LogP contribution is 1.94. The molecular formula is C6H8ClN. The van der Waals surface area contributed by atoms with E-state index in [0.717, 1.165) is 0 Å². The van der Waals surface area contributed by atoms with Crippen molar-refractivity contribution < 1.29 is 0 Å². The Morgan fingerprint density at radius 1 is 1.75 bits per heavy atom. The molecule has 0 amide bonds. The van der Waals surface area contributed by atoms with Gasteiger partial charge in [-0.05, 0) is 6.92 Å². The van der Waals surface area contributed by atoms with Crippen LogP contribution in [0.4, 0.5) is 0 Å². The average Bonchev–Trinajstić information content (AvgIpc) is 1.83. The van der Waals surface area contributed by atoms with Gasteiger partial charge in [0.05, 0.1) is 5.03 Å². The molecule has 1 nitrogen and oxygen atoms in total. The van der Waals surface area contributed by atoms with Crippen LogP contribution in [0, 0.1) is 0 Å². The van der Waals surface area contributed by atoms with Gasteiger partial charge in [-0.25, -0.2) is 0 Å². The summed E-state index contributed by atoms with van der Waals surface area (Å²) in [7, 11) is 0. The molecule has 0 saturated carbocycles. The maximum absolute atomic E-state index is 5.51. The van der Waals surface area contributed by atoms with Crippen molar-refractivity contribution in [1.82, 2.24) is 0 Å². The minimum absolute atomic E-state index is 0.630. The van der Waals surface area contributed by atoms with E-state index in [1.165, 1.54) is 12.4 Å². The van der Waals surface area contributed by atoms with Crippen LogP contribution in [0.1, 0.15) is 6.92 Å². The number of nitrogens with zero attached hydrogens (tertiary/aromatic N) is 1. The minimum Gasteiger partial charge on any atom is -0.264 e. The maximum atomic E-state index is 5.51. The van der Waals surface area contributed by atoms with E-state index in [0.29, 0.717) is 5.03 Å². The molecule has 0 fully saturated rings. The van der Waals surface area contributed by atoms with Crippen LogP contribution >= 0.6 is 11.6 Å². The van der Waals surface area contributed by atoms with E-state index in [1.807, 2.05) is 6.92 Å². The van der Waals surface area contributed by atoms with Crippen LogP contribution in [0.2, 0.25) is 0 Å². The summed E-state index contributed by atoms with van der Waals surface area (Å²) in [5.41, 5.74) is 0. The van der Waals surface area contributed by atoms with Crippen LogP contribution in [0.25, 0.3) is 0 Å². The quantitative estimate of drug-likeness (QED) is 0.508. The third-order valence-electron chi connectivity index (χ3n) is 0.579. The summed E-state index contributed by atoms with van der Waals surface area (Å²) in [4.78, 5) is 3.68. The van der Waals surface area contributed by atoms with Gasteiger partial charge in [0.25, 0.3) is 0 Å². The van der Waals surface area contributed by atoms with Crippen molar-refractivity contribution in [3.63, 3.8) is 0 Å². The Bertz CT molecular complexity index is 124. The summed E-state index contributed by atoms with van der Waals surface area (Å²) in [6.45, 7) is 5.23. The van der Waals surface area contributed by atoms with Crippen molar-refractivity contribution in [3.05, 3.63) is 23.9 Å². The number of halogens is 1. The Morgan fingerprint density at radius 2 is 2.38 bits per heavy atom. The zero-order valence-electron chi connectivity index (χ0n) is 4.76. The fourth-order valence-electron chi connectivity index (χ4n) is 0.198. The van der Waals surface area contributed by atoms with Gasteiger partial charge in [0, 0.05) is 12.4 Å². The normalized spacial score (nSPS) is 12.5. The van der Waals surface area contributed by atoms with Crippen molar-refractivity contribution in [2.45, 2.75) is 6.92 Å². The number of hydrogen-bond acceptors (Lipinski definition) is 1. The molecule has 0 heterocycles. The van der Waals surface area contributed by atoms with Gasteiger partial charge >= 0.3 is 0 Å². The summed E-state index contributed by atoms with van der Waals surface area (Å²) in [6.07, 6.45) is 4.73. The molecule has 2 heteroatoms. The van der Waals surface area contributed by atoms with Crippen molar-refractivity contribution in [2.24, 2.45) is 4.99 Å². The van der Waals surface area contributed by atoms with E-state index in [4.69, 9.17) is 11.6 Å². The number of rotatable bonds is 2. The Morgan fingerprint density at radius 3 is 2.75 bits per heavy atom. The first-order valence-electron chi connectivity index (χ1n) is 2.27. The number of allylic oxidation sites excluding steroid dienone is 2. The largest absolute Gasteiger partial charge is 0.264 e. The molecule has 0 unspecified atom stereocenters. The molecule has 0 spiro atoms. The van der Waals surface area contributed by atoms with Gasteiger partial charge in [0.15, 0.2) is 0 Å². The zero-order chi connectivity index (χ0) is 6.41. The van der Waals surface area contributed by atoms with Gasteiger partial charge in [0.1, 0.15) is 0 Å². The lowest BCUT2D eigenvalue weighted by molar-refractivity contribution is 1.61. The average molecular weight is 130 g/mol. The van der Waals surface area contributed by atoms with Crippen LogP contribution in [0.5, 0.6) is 0 Å². The van der Waals surface area contributed by atoms with Crippen LogP contribution in [0.15, 0.2) is 28.9 Å². The van der Waals surface area contributed by atoms with Crippen molar-refractivity contribution in [2.75, 3.05) is 0 Å². The second-order valence-corrected chi connectivity index (χ2v) is 1.57. The van der Waals surface area contributed by atoms with Crippen molar-refractivity contribution >= 4 is 17.8 Å². The highest BCUT2D eigenvalue weighted by atomic mass is 35.5. The molecular weight excluding hydrogens is 122 g/mol. The third kappa shape index (κ3) is 3.62. The third-order valence-corrected chi connectivity index (χ3v) is 0.895. The molecule has 0 bridgehead atoms. The topological polar surface area (TPSA) is 12.4 Å². The predicted octanol–water partition coefficient (Wildman–Crippen LogP) is 2.34. The highest BCUT2D eigenvalue weighted by Gasteiger charge is 1.75. The molecule has 8 heavy (non-hydrogen) atoms. The van der Waals surface area contributed by atoms with Crippen LogP contribution in [0.3, 0.4) is 0 Å². The van der Waals surface area contributed by atoms with Gasteiger partial charge in [-0.15, -0.1) is 0 Å². The van der Waals surface area contributed by atoms with Gasteiger partial charge in [-0.3, -0.25) is 4.99 Å². The Balaban J connectivity index is 3.69. The molecule has 0 N–H and O–H groups in total. The Kier molecular flexibility index (Phi) is 4.27. The van der Waals surface area contributed by atoms with Gasteiger partial charge < -0.3 is 0 Å². The van der Waals surface area contributed by atoms with Gasteiger partial charge in [-0.2, -0.15) is 0 Å². The summed E-state index contributed by atoms with van der Waals surface area (Å²) in [5, 5.41) is 0.630. The Labute approximate surface area is 54.4 Å². The molecule has 0 aromatic carbocycles. The molecule has 0 rings (SSSR count). The summed E-state index contributed by atoms with van der Waals surface area (Å²) in [6, 6.07) is 0. The second-order valence-electron chi connectivity index (χ2n) is 1.13. The molecule has 0 aliphatic heterocycles.